The van der Waals surface area contributed by atoms with E-state index in [-0.39, 0.29) is 23.3 Å². The Balaban J connectivity index is 1.57. The van der Waals surface area contributed by atoms with Crippen LogP contribution in [0.3, 0.4) is 0 Å². The highest BCUT2D eigenvalue weighted by Gasteiger charge is 2.34. The summed E-state index contributed by atoms with van der Waals surface area (Å²) < 4.78 is 14.9. The summed E-state index contributed by atoms with van der Waals surface area (Å²) in [6.45, 7) is 0. The van der Waals surface area contributed by atoms with Gasteiger partial charge in [0, 0.05) is 5.69 Å². The Bertz CT molecular complexity index is 1020. The zero-order valence-corrected chi connectivity index (χ0v) is 13.5. The van der Waals surface area contributed by atoms with Crippen molar-refractivity contribution in [2.45, 2.75) is 12.5 Å². The van der Waals surface area contributed by atoms with Crippen LogP contribution in [0.5, 0.6) is 0 Å². The Morgan fingerprint density at radius 3 is 2.92 bits per heavy atom. The van der Waals surface area contributed by atoms with Gasteiger partial charge in [0.2, 0.25) is 17.8 Å². The predicted octanol–water partition coefficient (Wildman–Crippen LogP) is 3.35. The molecule has 0 aliphatic carbocycles. The number of halogens is 2. The van der Waals surface area contributed by atoms with E-state index in [1.807, 2.05) is 24.3 Å². The number of rotatable bonds is 3. The van der Waals surface area contributed by atoms with E-state index in [1.54, 1.807) is 4.57 Å². The van der Waals surface area contributed by atoms with Crippen molar-refractivity contribution >= 4 is 46.1 Å². The third kappa shape index (κ3) is 2.72. The van der Waals surface area contributed by atoms with Crippen molar-refractivity contribution < 1.29 is 14.0 Å². The van der Waals surface area contributed by atoms with Crippen LogP contribution in [0.15, 0.2) is 42.5 Å². The third-order valence-corrected chi connectivity index (χ3v) is 4.32. The van der Waals surface area contributed by atoms with Gasteiger partial charge in [-0.1, -0.05) is 23.7 Å². The Morgan fingerprint density at radius 1 is 1.32 bits per heavy atom. The second-order valence-corrected chi connectivity index (χ2v) is 6.09. The lowest BCUT2D eigenvalue weighted by atomic mass is 10.1. The molecule has 0 radical (unpaired) electrons. The van der Waals surface area contributed by atoms with Crippen LogP contribution in [0.1, 0.15) is 12.5 Å². The number of carbonyl (C=O) groups is 2. The first-order chi connectivity index (χ1) is 12.0. The van der Waals surface area contributed by atoms with E-state index in [9.17, 15) is 14.0 Å². The number of para-hydroxylation sites is 2. The number of amides is 2. The molecule has 8 heteroatoms. The first-order valence-corrected chi connectivity index (χ1v) is 7.93. The van der Waals surface area contributed by atoms with Gasteiger partial charge in [-0.2, -0.15) is 0 Å². The minimum Gasteiger partial charge on any atom is -0.326 e. The van der Waals surface area contributed by atoms with Crippen molar-refractivity contribution in [3.8, 4) is 0 Å². The van der Waals surface area contributed by atoms with Gasteiger partial charge in [0.15, 0.2) is 0 Å². The smallest absolute Gasteiger partial charge is 0.250 e. The van der Waals surface area contributed by atoms with E-state index in [4.69, 9.17) is 11.6 Å². The normalized spacial score (nSPS) is 15.9. The zero-order chi connectivity index (χ0) is 17.6. The van der Waals surface area contributed by atoms with Crippen molar-refractivity contribution in [3.63, 3.8) is 0 Å². The molecule has 1 aliphatic rings. The fourth-order valence-corrected chi connectivity index (χ4v) is 3.08. The minimum atomic E-state index is -0.696. The Morgan fingerprint density at radius 2 is 2.12 bits per heavy atom. The zero-order valence-electron chi connectivity index (χ0n) is 12.8. The van der Waals surface area contributed by atoms with Gasteiger partial charge in [-0.3, -0.25) is 19.5 Å². The van der Waals surface area contributed by atoms with E-state index in [0.717, 1.165) is 11.0 Å². The summed E-state index contributed by atoms with van der Waals surface area (Å²) in [6.07, 6.45) is -0.0752. The maximum Gasteiger partial charge on any atom is 0.250 e. The molecule has 3 aromatic rings. The van der Waals surface area contributed by atoms with Crippen LogP contribution >= 0.6 is 11.6 Å². The molecule has 4 rings (SSSR count). The van der Waals surface area contributed by atoms with Gasteiger partial charge in [-0.15, -0.1) is 0 Å². The summed E-state index contributed by atoms with van der Waals surface area (Å²) in [5, 5.41) is 5.23. The lowest BCUT2D eigenvalue weighted by molar-refractivity contribution is -0.123. The van der Waals surface area contributed by atoms with Crippen LogP contribution in [0.2, 0.25) is 5.02 Å². The quantitative estimate of drug-likeness (QED) is 0.753. The molecular formula is C17H12ClFN4O2. The molecule has 6 nitrogen and oxygen atoms in total. The van der Waals surface area contributed by atoms with Gasteiger partial charge in [0.1, 0.15) is 11.9 Å². The molecule has 2 aromatic carbocycles. The van der Waals surface area contributed by atoms with Crippen LogP contribution in [-0.2, 0) is 9.59 Å². The summed E-state index contributed by atoms with van der Waals surface area (Å²) in [7, 11) is 0. The summed E-state index contributed by atoms with van der Waals surface area (Å²) in [4.78, 5) is 28.9. The number of hydrogen-bond acceptors (Lipinski definition) is 3. The molecule has 1 unspecified atom stereocenters. The number of nitrogens with one attached hydrogen (secondary N) is 2. The Labute approximate surface area is 146 Å². The molecule has 25 heavy (non-hydrogen) atoms. The van der Waals surface area contributed by atoms with E-state index < -0.39 is 11.9 Å². The average molecular weight is 359 g/mol. The van der Waals surface area contributed by atoms with Crippen molar-refractivity contribution in [1.29, 1.82) is 0 Å². The van der Waals surface area contributed by atoms with Gasteiger partial charge in [0.05, 0.1) is 22.5 Å². The van der Waals surface area contributed by atoms with Crippen LogP contribution in [0.4, 0.5) is 16.0 Å². The van der Waals surface area contributed by atoms with Crippen LogP contribution in [0, 0.1) is 5.82 Å². The number of anilines is 2. The molecule has 2 N–H and O–H groups in total. The van der Waals surface area contributed by atoms with Gasteiger partial charge in [-0.05, 0) is 30.3 Å². The predicted molar refractivity (Wildman–Crippen MR) is 92.1 cm³/mol. The van der Waals surface area contributed by atoms with Crippen LogP contribution < -0.4 is 10.6 Å². The lowest BCUT2D eigenvalue weighted by Crippen LogP contribution is -2.23. The highest BCUT2D eigenvalue weighted by Crippen LogP contribution is 2.32. The van der Waals surface area contributed by atoms with Crippen LogP contribution in [0.25, 0.3) is 11.0 Å². The number of benzene rings is 2. The SMILES string of the molecule is O=C(CC1C(=O)Nc2nc3ccccc3n21)Nc1ccc(F)c(Cl)c1. The van der Waals surface area contributed by atoms with Gasteiger partial charge in [0.25, 0.3) is 0 Å². The fraction of sp³-hybridized carbons (Fsp3) is 0.118. The summed E-state index contributed by atoms with van der Waals surface area (Å²) in [5.74, 6) is -0.813. The summed E-state index contributed by atoms with van der Waals surface area (Å²) in [5.41, 5.74) is 1.89. The molecule has 0 fully saturated rings. The van der Waals surface area contributed by atoms with E-state index in [2.05, 4.69) is 15.6 Å². The van der Waals surface area contributed by atoms with Crippen molar-refractivity contribution in [3.05, 3.63) is 53.3 Å². The fourth-order valence-electron chi connectivity index (χ4n) is 2.90. The Kier molecular flexibility index (Phi) is 3.65. The number of nitrogens with zero attached hydrogens (tertiary/aromatic N) is 2. The second kappa shape index (κ2) is 5.86. The molecule has 0 spiro atoms. The van der Waals surface area contributed by atoms with Gasteiger partial charge >= 0.3 is 0 Å². The molecule has 126 valence electrons. The highest BCUT2D eigenvalue weighted by atomic mass is 35.5. The third-order valence-electron chi connectivity index (χ3n) is 4.03. The molecule has 2 amide bonds. The molecule has 1 aliphatic heterocycles. The van der Waals surface area contributed by atoms with Gasteiger partial charge < -0.3 is 5.32 Å². The number of imidazole rings is 1. The molecule has 1 atom stereocenters. The standard InChI is InChI=1S/C17H12ClFN4O2/c18-10-7-9(5-6-11(10)19)20-15(24)8-14-16(25)22-17-21-12-3-1-2-4-13(12)23(14)17/h1-7,14H,8H2,(H,20,24)(H,21,22,25). The molecule has 0 saturated heterocycles. The largest absolute Gasteiger partial charge is 0.326 e. The molecule has 0 bridgehead atoms. The maximum atomic E-state index is 13.2. The topological polar surface area (TPSA) is 76.0 Å². The van der Waals surface area contributed by atoms with E-state index in [0.29, 0.717) is 11.6 Å². The molecule has 0 saturated carbocycles. The number of hydrogen-bond donors (Lipinski definition) is 2. The van der Waals surface area contributed by atoms with Crippen molar-refractivity contribution in [1.82, 2.24) is 9.55 Å². The van der Waals surface area contributed by atoms with Crippen LogP contribution in [-0.4, -0.2) is 21.4 Å². The Hall–Kier alpha value is -2.93. The number of aromatic nitrogens is 2. The monoisotopic (exact) mass is 358 g/mol. The molecule has 2 heterocycles. The van der Waals surface area contributed by atoms with E-state index in [1.165, 1.54) is 18.2 Å². The highest BCUT2D eigenvalue weighted by molar-refractivity contribution is 6.31. The number of carbonyl (C=O) groups excluding carboxylic acids is 2. The lowest BCUT2D eigenvalue weighted by Gasteiger charge is -2.12. The second-order valence-electron chi connectivity index (χ2n) is 5.68. The van der Waals surface area contributed by atoms with Gasteiger partial charge in [-0.25, -0.2) is 9.37 Å². The average Bonchev–Trinajstić information content (AvgIpc) is 3.07. The van der Waals surface area contributed by atoms with Crippen molar-refractivity contribution in [2.24, 2.45) is 0 Å². The first-order valence-electron chi connectivity index (χ1n) is 7.55. The number of fused-ring (bicyclic) bond motifs is 3. The van der Waals surface area contributed by atoms with Crippen molar-refractivity contribution in [2.75, 3.05) is 10.6 Å². The molecule has 1 aromatic heterocycles. The molecular weight excluding hydrogens is 347 g/mol. The summed E-state index contributed by atoms with van der Waals surface area (Å²) in [6, 6.07) is 10.6. The minimum absolute atomic E-state index is 0.0752. The summed E-state index contributed by atoms with van der Waals surface area (Å²) >= 11 is 5.71. The maximum absolute atomic E-state index is 13.2. The van der Waals surface area contributed by atoms with E-state index >= 15 is 0 Å². The first kappa shape index (κ1) is 15.6.